The first-order valence-corrected chi connectivity index (χ1v) is 20.8. The Hall–Kier alpha value is -7.69. The summed E-state index contributed by atoms with van der Waals surface area (Å²) >= 11 is 0. The molecule has 290 valence electrons. The lowest BCUT2D eigenvalue weighted by atomic mass is 9.72. The van der Waals surface area contributed by atoms with Gasteiger partial charge in [0.2, 0.25) is 0 Å². The molecule has 0 aliphatic heterocycles. The van der Waals surface area contributed by atoms with Crippen LogP contribution < -0.4 is 0 Å². The van der Waals surface area contributed by atoms with Crippen molar-refractivity contribution in [1.82, 2.24) is 15.0 Å². The summed E-state index contributed by atoms with van der Waals surface area (Å²) in [5.41, 5.74) is 10.4. The summed E-state index contributed by atoms with van der Waals surface area (Å²) in [6, 6.07) is 70.7. The van der Waals surface area contributed by atoms with Crippen molar-refractivity contribution >= 4 is 43.5 Å². The van der Waals surface area contributed by atoms with Gasteiger partial charge in [-0.2, -0.15) is 0 Å². The van der Waals surface area contributed by atoms with Crippen LogP contribution in [0.2, 0.25) is 0 Å². The number of fused-ring (bicyclic) bond motifs is 6. The van der Waals surface area contributed by atoms with Gasteiger partial charge in [-0.25, -0.2) is 0 Å². The van der Waals surface area contributed by atoms with Crippen LogP contribution in [-0.2, 0) is 10.8 Å². The summed E-state index contributed by atoms with van der Waals surface area (Å²) in [5, 5.41) is 6.83. The molecule has 0 saturated heterocycles. The normalized spacial score (nSPS) is 13.7. The lowest BCUT2D eigenvalue weighted by Crippen LogP contribution is -2.28. The summed E-state index contributed by atoms with van der Waals surface area (Å²) in [6.07, 6.45) is 3.80. The fourth-order valence-electron chi connectivity index (χ4n) is 9.33. The lowest BCUT2D eigenvalue weighted by molar-refractivity contribution is 0.641. The molecule has 0 bridgehead atoms. The van der Waals surface area contributed by atoms with Gasteiger partial charge in [0, 0.05) is 28.7 Å². The minimum atomic E-state index is -0.696. The Morgan fingerprint density at radius 2 is 1.07 bits per heavy atom. The van der Waals surface area contributed by atoms with Crippen LogP contribution in [0.25, 0.3) is 65.9 Å². The summed E-state index contributed by atoms with van der Waals surface area (Å²) in [5.74, 6) is 0. The average molecular weight is 784 g/mol. The number of hydrogen-bond acceptors (Lipinski definition) is 4. The Bertz CT molecular complexity index is 3340. The van der Waals surface area contributed by atoms with Crippen molar-refractivity contribution in [3.05, 3.63) is 246 Å². The predicted octanol–water partition coefficient (Wildman–Crippen LogP) is 14.1. The number of benzene rings is 7. The number of rotatable bonds is 8. The van der Waals surface area contributed by atoms with Crippen molar-refractivity contribution in [2.75, 3.05) is 0 Å². The first kappa shape index (κ1) is 36.4. The van der Waals surface area contributed by atoms with Crippen LogP contribution in [0.4, 0.5) is 0 Å². The van der Waals surface area contributed by atoms with E-state index in [1.165, 1.54) is 16.2 Å². The Morgan fingerprint density at radius 3 is 1.84 bits per heavy atom. The SMILES string of the molecule is CC(c1ccccc1)(c1cc(-c2cccc(C(C)(c3ccccc3)c3cc(-c4ccccc4)ccn3)n2)c2oc3cc4c(ccc5ccccc54)cc3c2c1)c1ccccn1. The van der Waals surface area contributed by atoms with E-state index in [0.717, 1.165) is 83.5 Å². The third-order valence-corrected chi connectivity index (χ3v) is 12.8. The third-order valence-electron chi connectivity index (χ3n) is 12.8. The topological polar surface area (TPSA) is 51.8 Å². The van der Waals surface area contributed by atoms with E-state index >= 15 is 0 Å². The maximum atomic E-state index is 7.07. The number of aromatic nitrogens is 3. The number of hydrogen-bond donors (Lipinski definition) is 0. The van der Waals surface area contributed by atoms with Gasteiger partial charge in [-0.15, -0.1) is 0 Å². The van der Waals surface area contributed by atoms with Crippen LogP contribution in [0.15, 0.2) is 217 Å². The Morgan fingerprint density at radius 1 is 0.393 bits per heavy atom. The molecule has 4 heterocycles. The molecule has 4 heteroatoms. The molecule has 11 aromatic rings. The third kappa shape index (κ3) is 6.02. The highest BCUT2D eigenvalue weighted by Crippen LogP contribution is 2.46. The Balaban J connectivity index is 1.19. The second-order valence-corrected chi connectivity index (χ2v) is 16.3. The molecule has 0 fully saturated rings. The van der Waals surface area contributed by atoms with E-state index in [1.54, 1.807) is 0 Å². The van der Waals surface area contributed by atoms with E-state index < -0.39 is 10.8 Å². The minimum Gasteiger partial charge on any atom is -0.455 e. The molecule has 4 nitrogen and oxygen atoms in total. The fourth-order valence-corrected chi connectivity index (χ4v) is 9.33. The maximum absolute atomic E-state index is 7.07. The standard InChI is InChI=1S/C57H41N3O/c1-56(42-20-8-4-9-21-42,52-26-14-15-31-58-52)44-35-48-47-33-41-29-28-39-19-12-13-24-45(39)46(41)37-51(47)61-55(48)49(36-44)50-25-16-27-53(60-50)57(2,43-22-10-5-11-23-43)54-34-40(30-32-59-54)38-17-6-3-7-18-38/h3-37H,1-2H3. The molecule has 2 unspecified atom stereocenters. The molecule has 11 rings (SSSR count). The summed E-state index contributed by atoms with van der Waals surface area (Å²) < 4.78 is 7.07. The van der Waals surface area contributed by atoms with Crippen LogP contribution in [0.3, 0.4) is 0 Å². The Labute approximate surface area is 354 Å². The molecule has 0 radical (unpaired) electrons. The van der Waals surface area contributed by atoms with Crippen LogP contribution in [0.1, 0.15) is 47.6 Å². The maximum Gasteiger partial charge on any atom is 0.144 e. The second kappa shape index (κ2) is 14.5. The van der Waals surface area contributed by atoms with Crippen molar-refractivity contribution in [2.45, 2.75) is 24.7 Å². The molecule has 0 saturated carbocycles. The van der Waals surface area contributed by atoms with Crippen LogP contribution in [0.5, 0.6) is 0 Å². The molecular formula is C57H41N3O. The zero-order chi connectivity index (χ0) is 41.0. The number of pyridine rings is 3. The molecule has 7 aromatic carbocycles. The van der Waals surface area contributed by atoms with Gasteiger partial charge in [-0.05, 0) is 124 Å². The van der Waals surface area contributed by atoms with E-state index in [0.29, 0.717) is 0 Å². The summed E-state index contributed by atoms with van der Waals surface area (Å²) in [6.45, 7) is 4.52. The van der Waals surface area contributed by atoms with E-state index in [-0.39, 0.29) is 0 Å². The highest BCUT2D eigenvalue weighted by Gasteiger charge is 2.37. The van der Waals surface area contributed by atoms with Crippen molar-refractivity contribution in [2.24, 2.45) is 0 Å². The van der Waals surface area contributed by atoms with Crippen molar-refractivity contribution in [3.8, 4) is 22.4 Å². The first-order chi connectivity index (χ1) is 30.0. The molecule has 0 amide bonds. The first-order valence-electron chi connectivity index (χ1n) is 20.8. The minimum absolute atomic E-state index is 0.611. The van der Waals surface area contributed by atoms with Gasteiger partial charge in [-0.1, -0.05) is 140 Å². The van der Waals surface area contributed by atoms with E-state index in [9.17, 15) is 0 Å². The summed E-state index contributed by atoms with van der Waals surface area (Å²) in [7, 11) is 0. The smallest absolute Gasteiger partial charge is 0.144 e. The predicted molar refractivity (Wildman–Crippen MR) is 250 cm³/mol. The molecule has 61 heavy (non-hydrogen) atoms. The Kier molecular flexibility index (Phi) is 8.68. The second-order valence-electron chi connectivity index (χ2n) is 16.3. The zero-order valence-corrected chi connectivity index (χ0v) is 34.0. The van der Waals surface area contributed by atoms with Gasteiger partial charge in [0.05, 0.1) is 33.6 Å². The average Bonchev–Trinajstić information content (AvgIpc) is 3.71. The molecule has 0 aliphatic rings. The fraction of sp³-hybridized carbons (Fsp3) is 0.0702. The molecular weight excluding hydrogens is 743 g/mol. The number of nitrogens with zero attached hydrogens (tertiary/aromatic N) is 3. The monoisotopic (exact) mass is 783 g/mol. The highest BCUT2D eigenvalue weighted by molar-refractivity contribution is 6.17. The van der Waals surface area contributed by atoms with Crippen LogP contribution in [-0.4, -0.2) is 15.0 Å². The highest BCUT2D eigenvalue weighted by atomic mass is 16.3. The molecule has 0 N–H and O–H groups in total. The molecule has 4 aromatic heterocycles. The largest absolute Gasteiger partial charge is 0.455 e. The van der Waals surface area contributed by atoms with Gasteiger partial charge >= 0.3 is 0 Å². The van der Waals surface area contributed by atoms with Crippen molar-refractivity contribution in [1.29, 1.82) is 0 Å². The van der Waals surface area contributed by atoms with Gasteiger partial charge < -0.3 is 4.42 Å². The lowest BCUT2D eigenvalue weighted by Gasteiger charge is -2.31. The van der Waals surface area contributed by atoms with Gasteiger partial charge in [-0.3, -0.25) is 15.0 Å². The summed E-state index contributed by atoms with van der Waals surface area (Å²) in [4.78, 5) is 15.7. The quantitative estimate of drug-likeness (QED) is 0.144. The zero-order valence-electron chi connectivity index (χ0n) is 34.0. The molecule has 2 atom stereocenters. The van der Waals surface area contributed by atoms with Crippen LogP contribution >= 0.6 is 0 Å². The van der Waals surface area contributed by atoms with E-state index in [1.807, 2.05) is 24.5 Å². The van der Waals surface area contributed by atoms with Gasteiger partial charge in [0.15, 0.2) is 0 Å². The van der Waals surface area contributed by atoms with E-state index in [2.05, 4.69) is 202 Å². The van der Waals surface area contributed by atoms with Crippen molar-refractivity contribution in [3.63, 3.8) is 0 Å². The molecule has 0 spiro atoms. The van der Waals surface area contributed by atoms with Gasteiger partial charge in [0.25, 0.3) is 0 Å². The number of furan rings is 1. The van der Waals surface area contributed by atoms with Crippen LogP contribution in [0, 0.1) is 0 Å². The van der Waals surface area contributed by atoms with Crippen molar-refractivity contribution < 1.29 is 4.42 Å². The van der Waals surface area contributed by atoms with Gasteiger partial charge in [0.1, 0.15) is 11.2 Å². The van der Waals surface area contributed by atoms with E-state index in [4.69, 9.17) is 19.4 Å². The molecule has 0 aliphatic carbocycles.